The van der Waals surface area contributed by atoms with Crippen LogP contribution >= 0.6 is 24.0 Å². The standard InChI is InChI=1S/C22H27N5O.HI/c1-23-22(24-13-11-18-7-5-10-21(15-18)28-2)25-16-19-8-3-4-9-20(19)17-27-14-6-12-26-27;/h3-10,12,14-15H,11,13,16-17H2,1-2H3,(H2,23,24,25);1H. The van der Waals surface area contributed by atoms with Crippen molar-refractivity contribution in [1.29, 1.82) is 0 Å². The number of hydrogen-bond acceptors (Lipinski definition) is 3. The zero-order chi connectivity index (χ0) is 19.6. The van der Waals surface area contributed by atoms with E-state index in [-0.39, 0.29) is 24.0 Å². The van der Waals surface area contributed by atoms with Gasteiger partial charge in [-0.05, 0) is 41.3 Å². The van der Waals surface area contributed by atoms with Crippen LogP contribution in [0, 0.1) is 0 Å². The number of methoxy groups -OCH3 is 1. The summed E-state index contributed by atoms with van der Waals surface area (Å²) in [5, 5.41) is 11.1. The maximum Gasteiger partial charge on any atom is 0.191 e. The molecule has 0 bridgehead atoms. The lowest BCUT2D eigenvalue weighted by molar-refractivity contribution is 0.414. The van der Waals surface area contributed by atoms with Crippen molar-refractivity contribution in [3.8, 4) is 5.75 Å². The molecule has 7 heteroatoms. The highest BCUT2D eigenvalue weighted by molar-refractivity contribution is 14.0. The SMILES string of the molecule is CN=C(NCCc1cccc(OC)c1)NCc1ccccc1Cn1cccn1.I. The van der Waals surface area contributed by atoms with Gasteiger partial charge in [0.15, 0.2) is 5.96 Å². The number of ether oxygens (including phenoxy) is 1. The Bertz CT molecular complexity index is 896. The molecule has 0 radical (unpaired) electrons. The fraction of sp³-hybridized carbons (Fsp3) is 0.273. The molecule has 0 amide bonds. The third kappa shape index (κ3) is 7.08. The first-order valence-electron chi connectivity index (χ1n) is 9.40. The summed E-state index contributed by atoms with van der Waals surface area (Å²) in [5.41, 5.74) is 3.70. The average Bonchev–Trinajstić information content (AvgIpc) is 3.25. The first-order valence-corrected chi connectivity index (χ1v) is 9.40. The molecule has 0 fully saturated rings. The summed E-state index contributed by atoms with van der Waals surface area (Å²) in [6, 6.07) is 18.5. The fourth-order valence-corrected chi connectivity index (χ4v) is 3.01. The number of benzene rings is 2. The monoisotopic (exact) mass is 505 g/mol. The van der Waals surface area contributed by atoms with Gasteiger partial charge in [-0.3, -0.25) is 9.67 Å². The Hall–Kier alpha value is -2.55. The van der Waals surface area contributed by atoms with Crippen molar-refractivity contribution in [2.75, 3.05) is 20.7 Å². The van der Waals surface area contributed by atoms with Crippen molar-refractivity contribution in [2.45, 2.75) is 19.5 Å². The van der Waals surface area contributed by atoms with Crippen LogP contribution in [-0.2, 0) is 19.5 Å². The number of halogens is 1. The molecular weight excluding hydrogens is 477 g/mol. The number of aliphatic imine (C=N–C) groups is 1. The van der Waals surface area contributed by atoms with Gasteiger partial charge in [0.05, 0.1) is 13.7 Å². The van der Waals surface area contributed by atoms with Crippen molar-refractivity contribution in [3.05, 3.63) is 83.7 Å². The number of nitrogens with one attached hydrogen (secondary N) is 2. The molecular formula is C22H28IN5O. The van der Waals surface area contributed by atoms with Gasteiger partial charge in [-0.15, -0.1) is 24.0 Å². The highest BCUT2D eigenvalue weighted by atomic mass is 127. The molecule has 0 aliphatic carbocycles. The van der Waals surface area contributed by atoms with E-state index in [1.807, 2.05) is 29.1 Å². The maximum atomic E-state index is 5.28. The number of guanidine groups is 1. The van der Waals surface area contributed by atoms with Crippen molar-refractivity contribution in [3.63, 3.8) is 0 Å². The Kier molecular flexibility index (Phi) is 9.49. The van der Waals surface area contributed by atoms with Gasteiger partial charge in [0, 0.05) is 32.5 Å². The quantitative estimate of drug-likeness (QED) is 0.280. The Morgan fingerprint density at radius 2 is 1.90 bits per heavy atom. The van der Waals surface area contributed by atoms with Crippen LogP contribution in [0.15, 0.2) is 72.0 Å². The molecule has 0 spiro atoms. The van der Waals surface area contributed by atoms with Gasteiger partial charge in [0.1, 0.15) is 5.75 Å². The number of rotatable bonds is 8. The molecule has 0 aliphatic rings. The summed E-state index contributed by atoms with van der Waals surface area (Å²) < 4.78 is 7.21. The third-order valence-electron chi connectivity index (χ3n) is 4.52. The number of nitrogens with zero attached hydrogens (tertiary/aromatic N) is 3. The lowest BCUT2D eigenvalue weighted by Gasteiger charge is -2.14. The Morgan fingerprint density at radius 3 is 2.62 bits per heavy atom. The Balaban J connectivity index is 0.00000300. The van der Waals surface area contributed by atoms with Gasteiger partial charge in [-0.2, -0.15) is 5.10 Å². The van der Waals surface area contributed by atoms with E-state index in [9.17, 15) is 0 Å². The molecule has 3 aromatic rings. The minimum Gasteiger partial charge on any atom is -0.497 e. The molecule has 2 aromatic carbocycles. The predicted octanol–water partition coefficient (Wildman–Crippen LogP) is 3.47. The lowest BCUT2D eigenvalue weighted by atomic mass is 10.1. The van der Waals surface area contributed by atoms with Gasteiger partial charge in [0.25, 0.3) is 0 Å². The summed E-state index contributed by atoms with van der Waals surface area (Å²) in [4.78, 5) is 4.33. The molecule has 0 saturated heterocycles. The second-order valence-electron chi connectivity index (χ2n) is 6.43. The van der Waals surface area contributed by atoms with Crippen LogP contribution in [0.1, 0.15) is 16.7 Å². The first-order chi connectivity index (χ1) is 13.8. The normalized spacial score (nSPS) is 10.9. The highest BCUT2D eigenvalue weighted by Gasteiger charge is 2.05. The Labute approximate surface area is 189 Å². The van der Waals surface area contributed by atoms with Gasteiger partial charge in [-0.25, -0.2) is 0 Å². The molecule has 1 heterocycles. The number of hydrogen-bond donors (Lipinski definition) is 2. The zero-order valence-corrected chi connectivity index (χ0v) is 19.2. The zero-order valence-electron chi connectivity index (χ0n) is 16.8. The van der Waals surface area contributed by atoms with Gasteiger partial charge in [-0.1, -0.05) is 36.4 Å². The first kappa shape index (κ1) is 22.7. The van der Waals surface area contributed by atoms with E-state index in [4.69, 9.17) is 4.74 Å². The van der Waals surface area contributed by atoms with E-state index < -0.39 is 0 Å². The summed E-state index contributed by atoms with van der Waals surface area (Å²) >= 11 is 0. The highest BCUT2D eigenvalue weighted by Crippen LogP contribution is 2.13. The molecule has 6 nitrogen and oxygen atoms in total. The van der Waals surface area contributed by atoms with Crippen LogP contribution in [0.25, 0.3) is 0 Å². The van der Waals surface area contributed by atoms with E-state index in [0.717, 1.165) is 31.2 Å². The second kappa shape index (κ2) is 12.1. The average molecular weight is 505 g/mol. The van der Waals surface area contributed by atoms with E-state index in [1.165, 1.54) is 16.7 Å². The van der Waals surface area contributed by atoms with E-state index in [1.54, 1.807) is 20.4 Å². The van der Waals surface area contributed by atoms with Crippen molar-refractivity contribution in [2.24, 2.45) is 4.99 Å². The topological polar surface area (TPSA) is 63.5 Å². The van der Waals surface area contributed by atoms with Gasteiger partial charge < -0.3 is 15.4 Å². The maximum absolute atomic E-state index is 5.28. The van der Waals surface area contributed by atoms with E-state index in [2.05, 4.69) is 57.1 Å². The summed E-state index contributed by atoms with van der Waals surface area (Å²) in [6.45, 7) is 2.25. The van der Waals surface area contributed by atoms with Gasteiger partial charge >= 0.3 is 0 Å². The molecule has 154 valence electrons. The minimum absolute atomic E-state index is 0. The van der Waals surface area contributed by atoms with Crippen LogP contribution < -0.4 is 15.4 Å². The predicted molar refractivity (Wildman–Crippen MR) is 128 cm³/mol. The second-order valence-corrected chi connectivity index (χ2v) is 6.43. The van der Waals surface area contributed by atoms with Crippen LogP contribution in [0.5, 0.6) is 5.75 Å². The molecule has 0 unspecified atom stereocenters. The third-order valence-corrected chi connectivity index (χ3v) is 4.52. The summed E-state index contributed by atoms with van der Waals surface area (Å²) in [5.74, 6) is 1.67. The lowest BCUT2D eigenvalue weighted by Crippen LogP contribution is -2.38. The van der Waals surface area contributed by atoms with Crippen LogP contribution in [0.4, 0.5) is 0 Å². The molecule has 2 N–H and O–H groups in total. The molecule has 1 aromatic heterocycles. The fourth-order valence-electron chi connectivity index (χ4n) is 3.01. The van der Waals surface area contributed by atoms with Crippen molar-refractivity contribution >= 4 is 29.9 Å². The number of aromatic nitrogens is 2. The van der Waals surface area contributed by atoms with Gasteiger partial charge in [0.2, 0.25) is 0 Å². The minimum atomic E-state index is 0. The van der Waals surface area contributed by atoms with Crippen LogP contribution in [-0.4, -0.2) is 36.4 Å². The largest absolute Gasteiger partial charge is 0.497 e. The van der Waals surface area contributed by atoms with Crippen LogP contribution in [0.3, 0.4) is 0 Å². The molecule has 0 aliphatic heterocycles. The molecule has 3 rings (SSSR count). The molecule has 0 saturated carbocycles. The van der Waals surface area contributed by atoms with Crippen molar-refractivity contribution in [1.82, 2.24) is 20.4 Å². The summed E-state index contributed by atoms with van der Waals surface area (Å²) in [6.07, 6.45) is 4.67. The smallest absolute Gasteiger partial charge is 0.191 e. The molecule has 29 heavy (non-hydrogen) atoms. The Morgan fingerprint density at radius 1 is 1.07 bits per heavy atom. The van der Waals surface area contributed by atoms with E-state index in [0.29, 0.717) is 6.54 Å². The van der Waals surface area contributed by atoms with Crippen molar-refractivity contribution < 1.29 is 4.74 Å². The summed E-state index contributed by atoms with van der Waals surface area (Å²) in [7, 11) is 3.48. The van der Waals surface area contributed by atoms with E-state index >= 15 is 0 Å². The van der Waals surface area contributed by atoms with Crippen LogP contribution in [0.2, 0.25) is 0 Å². The molecule has 0 atom stereocenters.